The summed E-state index contributed by atoms with van der Waals surface area (Å²) < 4.78 is 13.4. The van der Waals surface area contributed by atoms with Gasteiger partial charge in [-0.3, -0.25) is 4.79 Å². The minimum atomic E-state index is -0.136. The number of piperidine rings is 2. The lowest BCUT2D eigenvalue weighted by atomic mass is 9.94. The van der Waals surface area contributed by atoms with Crippen molar-refractivity contribution in [3.05, 3.63) is 35.6 Å². The highest BCUT2D eigenvalue weighted by molar-refractivity contribution is 5.73. The minimum Gasteiger partial charge on any atom is -0.343 e. The summed E-state index contributed by atoms with van der Waals surface area (Å²) in [5.41, 5.74) is 1.09. The average Bonchev–Trinajstić information content (AvgIpc) is 2.71. The van der Waals surface area contributed by atoms with Crippen LogP contribution in [0.25, 0.3) is 0 Å². The molecule has 0 bridgehead atoms. The third kappa shape index (κ3) is 6.02. The topological polar surface area (TPSA) is 26.8 Å². The molecule has 28 heavy (non-hydrogen) atoms. The van der Waals surface area contributed by atoms with Crippen LogP contribution in [0.5, 0.6) is 0 Å². The SMILES string of the molecule is CCN(CC1CCCN(CCc2cccc(F)c2)C1)C1CCN(C(C)=O)CC1. The lowest BCUT2D eigenvalue weighted by Crippen LogP contribution is -2.49. The number of hydrogen-bond donors (Lipinski definition) is 0. The summed E-state index contributed by atoms with van der Waals surface area (Å²) >= 11 is 0. The van der Waals surface area contributed by atoms with Crippen LogP contribution >= 0.6 is 0 Å². The van der Waals surface area contributed by atoms with Gasteiger partial charge in [0.15, 0.2) is 0 Å². The Bertz CT molecular complexity index is 630. The highest BCUT2D eigenvalue weighted by atomic mass is 19.1. The van der Waals surface area contributed by atoms with E-state index < -0.39 is 0 Å². The van der Waals surface area contributed by atoms with Crippen LogP contribution in [0.3, 0.4) is 0 Å². The number of amides is 1. The van der Waals surface area contributed by atoms with E-state index in [4.69, 9.17) is 0 Å². The van der Waals surface area contributed by atoms with Gasteiger partial charge in [-0.1, -0.05) is 19.1 Å². The molecule has 0 saturated carbocycles. The Hall–Kier alpha value is -1.46. The van der Waals surface area contributed by atoms with Crippen molar-refractivity contribution in [2.75, 3.05) is 45.8 Å². The molecule has 3 rings (SSSR count). The highest BCUT2D eigenvalue weighted by Gasteiger charge is 2.28. The molecular weight excluding hydrogens is 353 g/mol. The van der Waals surface area contributed by atoms with E-state index in [0.29, 0.717) is 12.0 Å². The highest BCUT2D eigenvalue weighted by Crippen LogP contribution is 2.22. The molecule has 0 N–H and O–H groups in total. The van der Waals surface area contributed by atoms with Crippen molar-refractivity contribution >= 4 is 5.91 Å². The molecule has 2 aliphatic rings. The molecular formula is C23H36FN3O. The molecule has 1 amide bonds. The summed E-state index contributed by atoms with van der Waals surface area (Å²) in [6.07, 6.45) is 5.69. The fraction of sp³-hybridized carbons (Fsp3) is 0.696. The zero-order chi connectivity index (χ0) is 19.9. The minimum absolute atomic E-state index is 0.136. The normalized spacial score (nSPS) is 22.0. The van der Waals surface area contributed by atoms with Gasteiger partial charge in [0.25, 0.3) is 0 Å². The molecule has 2 saturated heterocycles. The summed E-state index contributed by atoms with van der Waals surface area (Å²) in [5.74, 6) is 0.790. The van der Waals surface area contributed by atoms with Gasteiger partial charge in [0, 0.05) is 45.7 Å². The Balaban J connectivity index is 1.46. The quantitative estimate of drug-likeness (QED) is 0.715. The van der Waals surface area contributed by atoms with Gasteiger partial charge in [0.05, 0.1) is 0 Å². The second kappa shape index (κ2) is 10.4. The van der Waals surface area contributed by atoms with Gasteiger partial charge < -0.3 is 14.7 Å². The summed E-state index contributed by atoms with van der Waals surface area (Å²) in [5, 5.41) is 0. The number of hydrogen-bond acceptors (Lipinski definition) is 3. The second-order valence-electron chi connectivity index (χ2n) is 8.51. The van der Waals surface area contributed by atoms with E-state index in [1.165, 1.54) is 18.9 Å². The molecule has 5 heteroatoms. The average molecular weight is 390 g/mol. The fourth-order valence-corrected chi connectivity index (χ4v) is 4.90. The summed E-state index contributed by atoms with van der Waals surface area (Å²) in [6, 6.07) is 7.62. The van der Waals surface area contributed by atoms with Crippen LogP contribution < -0.4 is 0 Å². The Morgan fingerprint density at radius 3 is 2.68 bits per heavy atom. The molecule has 0 spiro atoms. The monoisotopic (exact) mass is 389 g/mol. The van der Waals surface area contributed by atoms with Crippen LogP contribution in [0.15, 0.2) is 24.3 Å². The Kier molecular flexibility index (Phi) is 7.86. The predicted octanol–water partition coefficient (Wildman–Crippen LogP) is 3.41. The third-order valence-electron chi connectivity index (χ3n) is 6.53. The fourth-order valence-electron chi connectivity index (χ4n) is 4.90. The van der Waals surface area contributed by atoms with Crippen molar-refractivity contribution < 1.29 is 9.18 Å². The molecule has 156 valence electrons. The predicted molar refractivity (Wildman–Crippen MR) is 112 cm³/mol. The number of benzene rings is 1. The van der Waals surface area contributed by atoms with Gasteiger partial charge >= 0.3 is 0 Å². The van der Waals surface area contributed by atoms with Gasteiger partial charge in [-0.2, -0.15) is 0 Å². The maximum Gasteiger partial charge on any atom is 0.219 e. The van der Waals surface area contributed by atoms with Gasteiger partial charge in [0.2, 0.25) is 5.91 Å². The van der Waals surface area contributed by atoms with E-state index >= 15 is 0 Å². The summed E-state index contributed by atoms with van der Waals surface area (Å²) in [7, 11) is 0. The number of carbonyl (C=O) groups excluding carboxylic acids is 1. The van der Waals surface area contributed by atoms with Crippen LogP contribution in [0.2, 0.25) is 0 Å². The third-order valence-corrected chi connectivity index (χ3v) is 6.53. The first-order chi connectivity index (χ1) is 13.5. The second-order valence-corrected chi connectivity index (χ2v) is 8.51. The van der Waals surface area contributed by atoms with Crippen molar-refractivity contribution in [2.24, 2.45) is 5.92 Å². The van der Waals surface area contributed by atoms with Crippen LogP contribution in [-0.2, 0) is 11.2 Å². The number of carbonyl (C=O) groups is 1. The molecule has 2 aliphatic heterocycles. The van der Waals surface area contributed by atoms with E-state index in [1.54, 1.807) is 19.1 Å². The van der Waals surface area contributed by atoms with Gasteiger partial charge in [-0.15, -0.1) is 0 Å². The van der Waals surface area contributed by atoms with Crippen molar-refractivity contribution in [1.29, 1.82) is 0 Å². The molecule has 2 fully saturated rings. The first-order valence-electron chi connectivity index (χ1n) is 11.0. The molecule has 0 aliphatic carbocycles. The molecule has 1 atom stereocenters. The van der Waals surface area contributed by atoms with Crippen LogP contribution in [0.4, 0.5) is 4.39 Å². The van der Waals surface area contributed by atoms with Crippen LogP contribution in [0.1, 0.15) is 45.1 Å². The number of rotatable bonds is 7. The number of halogens is 1. The van der Waals surface area contributed by atoms with Crippen molar-refractivity contribution in [1.82, 2.24) is 14.7 Å². The summed E-state index contributed by atoms with van der Waals surface area (Å²) in [6.45, 7) is 11.3. The zero-order valence-electron chi connectivity index (χ0n) is 17.6. The number of likely N-dealkylation sites (tertiary alicyclic amines) is 2. The molecule has 1 aromatic carbocycles. The Labute approximate surface area is 169 Å². The summed E-state index contributed by atoms with van der Waals surface area (Å²) in [4.78, 5) is 18.8. The standard InChI is InChI=1S/C23H36FN3O/c1-3-26(23-10-14-27(15-11-23)19(2)28)18-21-7-5-12-25(17-21)13-9-20-6-4-8-22(24)16-20/h4,6,8,16,21,23H,3,5,7,9-15,17-18H2,1-2H3. The van der Waals surface area contributed by atoms with E-state index in [9.17, 15) is 9.18 Å². The van der Waals surface area contributed by atoms with Crippen molar-refractivity contribution in [2.45, 2.75) is 52.0 Å². The number of nitrogens with zero attached hydrogens (tertiary/aromatic N) is 3. The molecule has 0 aromatic heterocycles. The maximum absolute atomic E-state index is 13.4. The molecule has 1 unspecified atom stereocenters. The lowest BCUT2D eigenvalue weighted by Gasteiger charge is -2.41. The van der Waals surface area contributed by atoms with E-state index in [0.717, 1.165) is 70.6 Å². The Morgan fingerprint density at radius 2 is 2.00 bits per heavy atom. The van der Waals surface area contributed by atoms with E-state index in [2.05, 4.69) is 16.7 Å². The molecule has 4 nitrogen and oxygen atoms in total. The van der Waals surface area contributed by atoms with Crippen molar-refractivity contribution in [3.63, 3.8) is 0 Å². The van der Waals surface area contributed by atoms with E-state index in [-0.39, 0.29) is 11.7 Å². The van der Waals surface area contributed by atoms with Gasteiger partial charge in [-0.05, 0) is 68.8 Å². The van der Waals surface area contributed by atoms with Crippen LogP contribution in [-0.4, -0.2) is 72.5 Å². The van der Waals surface area contributed by atoms with Crippen molar-refractivity contribution in [3.8, 4) is 0 Å². The van der Waals surface area contributed by atoms with Gasteiger partial charge in [0.1, 0.15) is 5.82 Å². The zero-order valence-corrected chi connectivity index (χ0v) is 17.6. The van der Waals surface area contributed by atoms with E-state index in [1.807, 2.05) is 11.0 Å². The van der Waals surface area contributed by atoms with Gasteiger partial charge in [-0.25, -0.2) is 4.39 Å². The smallest absolute Gasteiger partial charge is 0.219 e. The largest absolute Gasteiger partial charge is 0.343 e. The first-order valence-corrected chi connectivity index (χ1v) is 11.0. The Morgan fingerprint density at radius 1 is 1.21 bits per heavy atom. The molecule has 1 aromatic rings. The van der Waals surface area contributed by atoms with Crippen LogP contribution in [0, 0.1) is 11.7 Å². The molecule has 2 heterocycles. The molecule has 0 radical (unpaired) electrons. The lowest BCUT2D eigenvalue weighted by molar-refractivity contribution is -0.130. The maximum atomic E-state index is 13.4. The first kappa shape index (κ1) is 21.3.